The number of halogens is 3. The number of fused-ring (bicyclic) bond motifs is 1. The summed E-state index contributed by atoms with van der Waals surface area (Å²) in [6.45, 7) is 4.27. The Balaban J connectivity index is 1.53. The van der Waals surface area contributed by atoms with Crippen LogP contribution in [0.15, 0.2) is 18.3 Å². The van der Waals surface area contributed by atoms with E-state index in [1.807, 2.05) is 0 Å². The predicted molar refractivity (Wildman–Crippen MR) is 96.7 cm³/mol. The Hall–Kier alpha value is -2.01. The van der Waals surface area contributed by atoms with Gasteiger partial charge in [-0.3, -0.25) is 0 Å². The van der Waals surface area contributed by atoms with E-state index < -0.39 is 53.7 Å². The second-order valence-electron chi connectivity index (χ2n) is 8.21. The summed E-state index contributed by atoms with van der Waals surface area (Å²) >= 11 is 0. The molecule has 162 valence electrons. The van der Waals surface area contributed by atoms with Gasteiger partial charge in [-0.2, -0.15) is 0 Å². The molecule has 0 N–H and O–H groups in total. The fourth-order valence-corrected chi connectivity index (χ4v) is 4.20. The lowest BCUT2D eigenvalue weighted by atomic mass is 9.90. The Kier molecular flexibility index (Phi) is 4.38. The minimum Gasteiger partial charge on any atom is -0.350 e. The van der Waals surface area contributed by atoms with Crippen LogP contribution in [0.3, 0.4) is 0 Å². The van der Waals surface area contributed by atoms with Crippen LogP contribution in [-0.2, 0) is 18.9 Å². The van der Waals surface area contributed by atoms with E-state index in [-0.39, 0.29) is 17.9 Å². The summed E-state index contributed by atoms with van der Waals surface area (Å²) in [5.41, 5.74) is 0.175. The van der Waals surface area contributed by atoms with Crippen molar-refractivity contribution in [1.82, 2.24) is 15.0 Å². The first kappa shape index (κ1) is 18.7. The zero-order valence-electron chi connectivity index (χ0n) is 17.5. The van der Waals surface area contributed by atoms with Gasteiger partial charge in [0.05, 0.1) is 25.5 Å². The standard InChI is InChI=1S/C20H22F3N3O4/c1-19(2)28-10-16-18(30-19)15(8-20(29-16)4-3-5-27-20)26-9-14(24-25-26)11-6-12(21)17(23)13(22)7-11/h6-7,9,15-16,18H,3-5,8,10H2,1-2H3/t15-,16-,18-,20+/m1/s1/i8D/t8-,15-,16-,18-,20+. The van der Waals surface area contributed by atoms with Crippen molar-refractivity contribution in [3.8, 4) is 11.3 Å². The molecule has 2 aromatic rings. The zero-order valence-corrected chi connectivity index (χ0v) is 16.5. The Morgan fingerprint density at radius 3 is 2.63 bits per heavy atom. The third kappa shape index (κ3) is 3.41. The summed E-state index contributed by atoms with van der Waals surface area (Å²) in [5, 5.41) is 8.12. The molecule has 3 saturated heterocycles. The lowest BCUT2D eigenvalue weighted by Gasteiger charge is -2.51. The predicted octanol–water partition coefficient (Wildman–Crippen LogP) is 3.35. The van der Waals surface area contributed by atoms with Crippen molar-refractivity contribution in [2.45, 2.75) is 62.9 Å². The number of hydrogen-bond donors (Lipinski definition) is 0. The summed E-state index contributed by atoms with van der Waals surface area (Å²) in [5.74, 6) is -6.20. The van der Waals surface area contributed by atoms with Crippen LogP contribution < -0.4 is 0 Å². The van der Waals surface area contributed by atoms with Crippen molar-refractivity contribution in [3.63, 3.8) is 0 Å². The molecule has 1 aromatic carbocycles. The van der Waals surface area contributed by atoms with Gasteiger partial charge in [-0.15, -0.1) is 5.10 Å². The fraction of sp³-hybridized carbons (Fsp3) is 0.600. The molecule has 1 aromatic heterocycles. The lowest BCUT2D eigenvalue weighted by Crippen LogP contribution is -2.60. The maximum Gasteiger partial charge on any atom is 0.194 e. The molecule has 30 heavy (non-hydrogen) atoms. The van der Waals surface area contributed by atoms with Crippen LogP contribution in [0.2, 0.25) is 0 Å². The quantitative estimate of drug-likeness (QED) is 0.687. The van der Waals surface area contributed by atoms with Gasteiger partial charge in [-0.05, 0) is 32.4 Å². The van der Waals surface area contributed by atoms with Crippen LogP contribution >= 0.6 is 0 Å². The summed E-state index contributed by atoms with van der Waals surface area (Å²) in [6.07, 6.45) is 0.781. The monoisotopic (exact) mass is 426 g/mol. The molecule has 0 aliphatic carbocycles. The molecule has 7 nitrogen and oxygen atoms in total. The summed E-state index contributed by atoms with van der Waals surface area (Å²) < 4.78 is 75.0. The fourth-order valence-electron chi connectivity index (χ4n) is 4.20. The van der Waals surface area contributed by atoms with Gasteiger partial charge in [-0.1, -0.05) is 5.21 Å². The van der Waals surface area contributed by atoms with E-state index in [1.54, 1.807) is 13.8 Å². The SMILES string of the molecule is [2H][C@@H]1[C@@H](n2cc(-c3cc(F)c(F)c(F)c3)nn2)[C@H]2OC(C)(C)OC[C@H]2O[C@@]12CCCO2. The van der Waals surface area contributed by atoms with Crippen molar-refractivity contribution in [1.29, 1.82) is 0 Å². The molecule has 4 heterocycles. The molecule has 5 rings (SSSR count). The van der Waals surface area contributed by atoms with Crippen molar-refractivity contribution in [2.24, 2.45) is 0 Å². The number of aromatic nitrogens is 3. The van der Waals surface area contributed by atoms with E-state index >= 15 is 0 Å². The van der Waals surface area contributed by atoms with E-state index in [1.165, 1.54) is 10.9 Å². The van der Waals surface area contributed by atoms with Crippen LogP contribution in [0.4, 0.5) is 13.2 Å². The van der Waals surface area contributed by atoms with Gasteiger partial charge in [0.25, 0.3) is 0 Å². The van der Waals surface area contributed by atoms with E-state index in [2.05, 4.69) is 10.3 Å². The number of hydrogen-bond acceptors (Lipinski definition) is 6. The highest BCUT2D eigenvalue weighted by Gasteiger charge is 2.54. The van der Waals surface area contributed by atoms with Crippen molar-refractivity contribution in [2.75, 3.05) is 13.2 Å². The van der Waals surface area contributed by atoms with Crippen molar-refractivity contribution < 1.29 is 33.5 Å². The Morgan fingerprint density at radius 1 is 1.17 bits per heavy atom. The molecular formula is C20H22F3N3O4. The van der Waals surface area contributed by atoms with Gasteiger partial charge in [0, 0.05) is 19.8 Å². The summed E-state index contributed by atoms with van der Waals surface area (Å²) in [4.78, 5) is 0. The van der Waals surface area contributed by atoms with Crippen LogP contribution in [-0.4, -0.2) is 52.0 Å². The second kappa shape index (κ2) is 7.01. The lowest BCUT2D eigenvalue weighted by molar-refractivity contribution is -0.377. The van der Waals surface area contributed by atoms with Gasteiger partial charge in [0.1, 0.15) is 17.9 Å². The Morgan fingerprint density at radius 2 is 1.93 bits per heavy atom. The highest BCUT2D eigenvalue weighted by Crippen LogP contribution is 2.46. The van der Waals surface area contributed by atoms with E-state index in [0.717, 1.165) is 18.6 Å². The smallest absolute Gasteiger partial charge is 0.194 e. The molecule has 0 saturated carbocycles. The first-order valence-electron chi connectivity index (χ1n) is 10.4. The molecule has 10 heteroatoms. The van der Waals surface area contributed by atoms with Crippen LogP contribution in [0.25, 0.3) is 11.3 Å². The Bertz CT molecular complexity index is 975. The van der Waals surface area contributed by atoms with Gasteiger partial charge >= 0.3 is 0 Å². The number of rotatable bonds is 2. The Labute approximate surface area is 172 Å². The van der Waals surface area contributed by atoms with E-state index in [4.69, 9.17) is 20.3 Å². The summed E-state index contributed by atoms with van der Waals surface area (Å²) in [6, 6.07) is 1.05. The van der Waals surface area contributed by atoms with Crippen molar-refractivity contribution in [3.05, 3.63) is 35.8 Å². The molecule has 1 spiro atoms. The molecular weight excluding hydrogens is 403 g/mol. The molecule has 3 aliphatic heterocycles. The molecule has 3 fully saturated rings. The molecule has 5 atom stereocenters. The maximum atomic E-state index is 13.7. The molecule has 0 bridgehead atoms. The zero-order chi connectivity index (χ0) is 22.0. The average Bonchev–Trinajstić information content (AvgIpc) is 3.38. The van der Waals surface area contributed by atoms with Crippen LogP contribution in [0.1, 0.15) is 40.5 Å². The van der Waals surface area contributed by atoms with E-state index in [0.29, 0.717) is 13.0 Å². The molecule has 0 radical (unpaired) electrons. The van der Waals surface area contributed by atoms with Gasteiger partial charge in [-0.25, -0.2) is 17.9 Å². The van der Waals surface area contributed by atoms with Gasteiger partial charge in [0.2, 0.25) is 0 Å². The summed E-state index contributed by atoms with van der Waals surface area (Å²) in [7, 11) is 0. The minimum atomic E-state index is -1.55. The molecule has 0 amide bonds. The largest absolute Gasteiger partial charge is 0.350 e. The van der Waals surface area contributed by atoms with Gasteiger partial charge < -0.3 is 18.9 Å². The third-order valence-electron chi connectivity index (χ3n) is 5.60. The first-order valence-corrected chi connectivity index (χ1v) is 9.82. The van der Waals surface area contributed by atoms with E-state index in [9.17, 15) is 13.2 Å². The highest BCUT2D eigenvalue weighted by molar-refractivity contribution is 5.57. The molecule has 0 unspecified atom stereocenters. The highest BCUT2D eigenvalue weighted by atomic mass is 19.2. The van der Waals surface area contributed by atoms with Gasteiger partial charge in [0.15, 0.2) is 29.0 Å². The number of benzene rings is 1. The first-order chi connectivity index (χ1) is 14.7. The molecule has 3 aliphatic rings. The normalized spacial score (nSPS) is 36.0. The topological polar surface area (TPSA) is 67.6 Å². The van der Waals surface area contributed by atoms with Crippen molar-refractivity contribution >= 4 is 0 Å². The maximum absolute atomic E-state index is 13.7. The van der Waals surface area contributed by atoms with Crippen LogP contribution in [0, 0.1) is 17.5 Å². The number of nitrogens with zero attached hydrogens (tertiary/aromatic N) is 3. The third-order valence-corrected chi connectivity index (χ3v) is 5.60. The minimum absolute atomic E-state index is 0.0350. The number of ether oxygens (including phenoxy) is 4. The second-order valence-corrected chi connectivity index (χ2v) is 8.21. The van der Waals surface area contributed by atoms with Crippen LogP contribution in [0.5, 0.6) is 0 Å². The average molecular weight is 426 g/mol.